The first kappa shape index (κ1) is 15.6. The molecule has 0 fully saturated rings. The second kappa shape index (κ2) is 8.64. The Morgan fingerprint density at radius 2 is 2.17 bits per heavy atom. The lowest BCUT2D eigenvalue weighted by atomic mass is 10.1. The molecule has 0 saturated heterocycles. The Morgan fingerprint density at radius 1 is 1.39 bits per heavy atom. The molecule has 2 atom stereocenters. The summed E-state index contributed by atoms with van der Waals surface area (Å²) in [6.45, 7) is 6.17. The van der Waals surface area contributed by atoms with Crippen molar-refractivity contribution in [3.05, 3.63) is 34.3 Å². The van der Waals surface area contributed by atoms with Crippen LogP contribution in [-0.4, -0.2) is 32.9 Å². The van der Waals surface area contributed by atoms with Crippen molar-refractivity contribution in [3.8, 4) is 0 Å². The number of rotatable bonds is 8. The smallest absolute Gasteiger partial charge is 0.0954 e. The lowest BCUT2D eigenvalue weighted by Gasteiger charge is -2.23. The van der Waals surface area contributed by atoms with E-state index in [-0.39, 0.29) is 12.2 Å². The molecule has 18 heavy (non-hydrogen) atoms. The second-order valence-electron chi connectivity index (χ2n) is 4.21. The topological polar surface area (TPSA) is 30.5 Å². The van der Waals surface area contributed by atoms with Gasteiger partial charge in [-0.25, -0.2) is 0 Å². The minimum absolute atomic E-state index is 0.0444. The van der Waals surface area contributed by atoms with Crippen LogP contribution in [0.2, 0.25) is 0 Å². The zero-order chi connectivity index (χ0) is 13.4. The van der Waals surface area contributed by atoms with Gasteiger partial charge in [0, 0.05) is 17.6 Å². The van der Waals surface area contributed by atoms with Crippen LogP contribution in [0, 0.1) is 0 Å². The molecule has 0 aliphatic rings. The van der Waals surface area contributed by atoms with E-state index in [0.717, 1.165) is 17.6 Å². The Labute approximate surface area is 118 Å². The minimum atomic E-state index is 0.0444. The van der Waals surface area contributed by atoms with E-state index in [1.165, 1.54) is 5.56 Å². The van der Waals surface area contributed by atoms with Crippen molar-refractivity contribution in [1.82, 2.24) is 5.32 Å². The Bertz CT molecular complexity index is 346. The molecule has 0 aromatic heterocycles. The van der Waals surface area contributed by atoms with E-state index < -0.39 is 0 Å². The van der Waals surface area contributed by atoms with Gasteiger partial charge in [0.2, 0.25) is 0 Å². The Kier molecular flexibility index (Phi) is 7.51. The summed E-state index contributed by atoms with van der Waals surface area (Å²) < 4.78 is 12.5. The van der Waals surface area contributed by atoms with Crippen LogP contribution in [-0.2, 0) is 9.47 Å². The fourth-order valence-corrected chi connectivity index (χ4v) is 2.16. The fourth-order valence-electron chi connectivity index (χ4n) is 1.74. The van der Waals surface area contributed by atoms with Gasteiger partial charge in [-0.1, -0.05) is 28.1 Å². The highest BCUT2D eigenvalue weighted by molar-refractivity contribution is 9.10. The van der Waals surface area contributed by atoms with E-state index in [9.17, 15) is 0 Å². The van der Waals surface area contributed by atoms with E-state index >= 15 is 0 Å². The number of likely N-dealkylation sites (N-methyl/N-ethyl adjacent to an activating group) is 1. The van der Waals surface area contributed by atoms with Crippen molar-refractivity contribution >= 4 is 15.9 Å². The van der Waals surface area contributed by atoms with Gasteiger partial charge < -0.3 is 14.8 Å². The molecule has 0 amide bonds. The van der Waals surface area contributed by atoms with Crippen LogP contribution < -0.4 is 5.32 Å². The molecule has 0 bridgehead atoms. The van der Waals surface area contributed by atoms with Gasteiger partial charge in [0.25, 0.3) is 0 Å². The molecule has 0 heterocycles. The van der Waals surface area contributed by atoms with E-state index in [0.29, 0.717) is 6.61 Å². The highest BCUT2D eigenvalue weighted by Crippen LogP contribution is 2.22. The van der Waals surface area contributed by atoms with E-state index in [4.69, 9.17) is 9.47 Å². The van der Waals surface area contributed by atoms with Crippen molar-refractivity contribution in [2.75, 3.05) is 26.8 Å². The molecule has 0 spiro atoms. The quantitative estimate of drug-likeness (QED) is 0.799. The SMILES string of the molecule is CCOCC(C)OC(CNC)c1cccc(Br)c1. The van der Waals surface area contributed by atoms with Gasteiger partial charge in [-0.3, -0.25) is 0 Å². The van der Waals surface area contributed by atoms with Crippen LogP contribution in [0.15, 0.2) is 28.7 Å². The fraction of sp³-hybridized carbons (Fsp3) is 0.571. The first-order valence-corrected chi connectivity index (χ1v) is 7.10. The summed E-state index contributed by atoms with van der Waals surface area (Å²) in [6, 6.07) is 8.22. The Balaban J connectivity index is 2.64. The van der Waals surface area contributed by atoms with Crippen molar-refractivity contribution in [1.29, 1.82) is 0 Å². The monoisotopic (exact) mass is 315 g/mol. The van der Waals surface area contributed by atoms with E-state index in [2.05, 4.69) is 33.4 Å². The van der Waals surface area contributed by atoms with E-state index in [1.54, 1.807) is 0 Å². The van der Waals surface area contributed by atoms with Gasteiger partial charge in [0.1, 0.15) is 0 Å². The van der Waals surface area contributed by atoms with Crippen molar-refractivity contribution in [2.45, 2.75) is 26.1 Å². The van der Waals surface area contributed by atoms with E-state index in [1.807, 2.05) is 33.0 Å². The first-order valence-electron chi connectivity index (χ1n) is 6.30. The number of nitrogens with one attached hydrogen (secondary N) is 1. The molecule has 1 aromatic carbocycles. The molecule has 1 aromatic rings. The van der Waals surface area contributed by atoms with Gasteiger partial charge >= 0.3 is 0 Å². The van der Waals surface area contributed by atoms with Crippen molar-refractivity contribution in [3.63, 3.8) is 0 Å². The van der Waals surface area contributed by atoms with Crippen LogP contribution in [0.25, 0.3) is 0 Å². The van der Waals surface area contributed by atoms with Crippen LogP contribution in [0.5, 0.6) is 0 Å². The summed E-state index contributed by atoms with van der Waals surface area (Å²) >= 11 is 3.49. The third-order valence-electron chi connectivity index (χ3n) is 2.56. The van der Waals surface area contributed by atoms with Crippen LogP contribution in [0.3, 0.4) is 0 Å². The average Bonchev–Trinajstić information content (AvgIpc) is 2.36. The molecule has 1 N–H and O–H groups in total. The molecule has 4 heteroatoms. The molecule has 2 unspecified atom stereocenters. The Morgan fingerprint density at radius 3 is 2.78 bits per heavy atom. The van der Waals surface area contributed by atoms with Crippen LogP contribution in [0.4, 0.5) is 0 Å². The molecule has 0 saturated carbocycles. The number of ether oxygens (including phenoxy) is 2. The van der Waals surface area contributed by atoms with Gasteiger partial charge in [-0.2, -0.15) is 0 Å². The molecule has 0 aliphatic heterocycles. The average molecular weight is 316 g/mol. The Hall–Kier alpha value is -0.420. The normalized spacial score (nSPS) is 14.4. The molecule has 0 radical (unpaired) electrons. The largest absolute Gasteiger partial charge is 0.379 e. The molecular weight excluding hydrogens is 294 g/mol. The van der Waals surface area contributed by atoms with Gasteiger partial charge in [0.15, 0.2) is 0 Å². The molecule has 3 nitrogen and oxygen atoms in total. The number of halogens is 1. The number of hydrogen-bond donors (Lipinski definition) is 1. The zero-order valence-electron chi connectivity index (χ0n) is 11.3. The maximum atomic E-state index is 6.03. The van der Waals surface area contributed by atoms with Gasteiger partial charge in [-0.15, -0.1) is 0 Å². The maximum Gasteiger partial charge on any atom is 0.0954 e. The molecule has 1 rings (SSSR count). The number of benzene rings is 1. The summed E-state index contributed by atoms with van der Waals surface area (Å²) in [5.74, 6) is 0. The van der Waals surface area contributed by atoms with Crippen LogP contribution in [0.1, 0.15) is 25.5 Å². The zero-order valence-corrected chi connectivity index (χ0v) is 12.9. The third-order valence-corrected chi connectivity index (χ3v) is 3.06. The third kappa shape index (κ3) is 5.48. The predicted molar refractivity (Wildman–Crippen MR) is 77.8 cm³/mol. The molecule has 102 valence electrons. The lowest BCUT2D eigenvalue weighted by Crippen LogP contribution is -2.26. The molecule has 0 aliphatic carbocycles. The maximum absolute atomic E-state index is 6.03. The summed E-state index contributed by atoms with van der Waals surface area (Å²) in [5, 5.41) is 3.17. The first-order chi connectivity index (χ1) is 8.67. The minimum Gasteiger partial charge on any atom is -0.379 e. The summed E-state index contributed by atoms with van der Waals surface area (Å²) in [6.07, 6.45) is 0.130. The standard InChI is InChI=1S/C14H22BrNO2/c1-4-17-10-11(2)18-14(9-16-3)12-6-5-7-13(15)8-12/h5-8,11,14,16H,4,9-10H2,1-3H3. The summed E-state index contributed by atoms with van der Waals surface area (Å²) in [7, 11) is 1.93. The molecular formula is C14H22BrNO2. The second-order valence-corrected chi connectivity index (χ2v) is 5.12. The van der Waals surface area contributed by atoms with Crippen LogP contribution >= 0.6 is 15.9 Å². The number of hydrogen-bond acceptors (Lipinski definition) is 3. The van der Waals surface area contributed by atoms with Crippen molar-refractivity contribution < 1.29 is 9.47 Å². The highest BCUT2D eigenvalue weighted by atomic mass is 79.9. The van der Waals surface area contributed by atoms with Crippen molar-refractivity contribution in [2.24, 2.45) is 0 Å². The predicted octanol–water partition coefficient (Wildman–Crippen LogP) is 3.15. The van der Waals surface area contributed by atoms with Gasteiger partial charge in [-0.05, 0) is 38.6 Å². The highest BCUT2D eigenvalue weighted by Gasteiger charge is 2.15. The lowest BCUT2D eigenvalue weighted by molar-refractivity contribution is -0.0464. The summed E-state index contributed by atoms with van der Waals surface area (Å²) in [4.78, 5) is 0. The summed E-state index contributed by atoms with van der Waals surface area (Å²) in [5.41, 5.74) is 1.17. The van der Waals surface area contributed by atoms with Gasteiger partial charge in [0.05, 0.1) is 18.8 Å².